The van der Waals surface area contributed by atoms with Gasteiger partial charge in [-0.1, -0.05) is 33.1 Å². The second-order valence-corrected chi connectivity index (χ2v) is 4.92. The van der Waals surface area contributed by atoms with Crippen molar-refractivity contribution in [1.29, 1.82) is 0 Å². The molecule has 1 aliphatic carbocycles. The lowest BCUT2D eigenvalue weighted by molar-refractivity contribution is 0.214. The van der Waals surface area contributed by atoms with Gasteiger partial charge in [-0.3, -0.25) is 0 Å². The molecule has 0 amide bonds. The molecule has 0 aliphatic heterocycles. The largest absolute Gasteiger partial charge is 0.313 e. The van der Waals surface area contributed by atoms with E-state index in [9.17, 15) is 0 Å². The molecule has 1 aliphatic rings. The molecular formula is C13H28N2. The molecule has 1 rings (SSSR count). The van der Waals surface area contributed by atoms with Gasteiger partial charge in [0.2, 0.25) is 0 Å². The average Bonchev–Trinajstić information content (AvgIpc) is 2.71. The Bertz CT molecular complexity index is 147. The maximum atomic E-state index is 3.60. The summed E-state index contributed by atoms with van der Waals surface area (Å²) in [6.45, 7) is 6.81. The van der Waals surface area contributed by atoms with Crippen molar-refractivity contribution in [2.45, 2.75) is 64.5 Å². The second kappa shape index (κ2) is 7.24. The van der Waals surface area contributed by atoms with Crippen LogP contribution in [0.2, 0.25) is 0 Å². The summed E-state index contributed by atoms with van der Waals surface area (Å²) in [4.78, 5) is 2.58. The maximum absolute atomic E-state index is 3.60. The van der Waals surface area contributed by atoms with E-state index in [0.29, 0.717) is 6.04 Å². The summed E-state index contributed by atoms with van der Waals surface area (Å²) in [6.07, 6.45) is 8.31. The van der Waals surface area contributed by atoms with Gasteiger partial charge in [0.25, 0.3) is 0 Å². The van der Waals surface area contributed by atoms with Gasteiger partial charge in [-0.15, -0.1) is 0 Å². The zero-order chi connectivity index (χ0) is 11.1. The lowest BCUT2D eigenvalue weighted by Crippen LogP contribution is -2.42. The van der Waals surface area contributed by atoms with Gasteiger partial charge < -0.3 is 10.2 Å². The lowest BCUT2D eigenvalue weighted by Gasteiger charge is -2.29. The van der Waals surface area contributed by atoms with Crippen LogP contribution in [0.25, 0.3) is 0 Å². The Morgan fingerprint density at radius 3 is 2.47 bits per heavy atom. The molecule has 0 radical (unpaired) electrons. The first-order chi connectivity index (χ1) is 7.27. The fourth-order valence-electron chi connectivity index (χ4n) is 2.74. The van der Waals surface area contributed by atoms with Crippen molar-refractivity contribution < 1.29 is 0 Å². The van der Waals surface area contributed by atoms with Gasteiger partial charge >= 0.3 is 0 Å². The third-order valence-electron chi connectivity index (χ3n) is 3.59. The van der Waals surface area contributed by atoms with Crippen LogP contribution in [0, 0.1) is 0 Å². The van der Waals surface area contributed by atoms with Crippen LogP contribution < -0.4 is 5.32 Å². The Hall–Kier alpha value is -0.0800. The van der Waals surface area contributed by atoms with Gasteiger partial charge in [0.1, 0.15) is 0 Å². The van der Waals surface area contributed by atoms with Gasteiger partial charge in [-0.05, 0) is 32.9 Å². The summed E-state index contributed by atoms with van der Waals surface area (Å²) in [5.74, 6) is 0. The molecule has 0 aromatic carbocycles. The highest BCUT2D eigenvalue weighted by molar-refractivity contribution is 4.79. The summed E-state index contributed by atoms with van der Waals surface area (Å²) < 4.78 is 0. The molecule has 0 saturated heterocycles. The van der Waals surface area contributed by atoms with Crippen LogP contribution in [0.1, 0.15) is 52.4 Å². The minimum atomic E-state index is 0.700. The molecule has 90 valence electrons. The van der Waals surface area contributed by atoms with Crippen LogP contribution in [-0.4, -0.2) is 37.1 Å². The highest BCUT2D eigenvalue weighted by atomic mass is 15.2. The molecule has 0 heterocycles. The number of nitrogens with zero attached hydrogens (tertiary/aromatic N) is 1. The van der Waals surface area contributed by atoms with Gasteiger partial charge in [-0.2, -0.15) is 0 Å². The van der Waals surface area contributed by atoms with Crippen molar-refractivity contribution >= 4 is 0 Å². The van der Waals surface area contributed by atoms with E-state index in [4.69, 9.17) is 0 Å². The van der Waals surface area contributed by atoms with E-state index in [1.807, 2.05) is 0 Å². The molecule has 2 nitrogen and oxygen atoms in total. The van der Waals surface area contributed by atoms with Crippen LogP contribution in [0.15, 0.2) is 0 Å². The summed E-state index contributed by atoms with van der Waals surface area (Å²) >= 11 is 0. The van der Waals surface area contributed by atoms with Gasteiger partial charge in [0.05, 0.1) is 0 Å². The Morgan fingerprint density at radius 1 is 1.27 bits per heavy atom. The molecule has 1 unspecified atom stereocenters. The summed E-state index contributed by atoms with van der Waals surface area (Å²) in [7, 11) is 2.30. The highest BCUT2D eigenvalue weighted by Gasteiger charge is 2.21. The Kier molecular flexibility index (Phi) is 6.26. The van der Waals surface area contributed by atoms with E-state index < -0.39 is 0 Å². The molecular weight excluding hydrogens is 184 g/mol. The third-order valence-corrected chi connectivity index (χ3v) is 3.59. The van der Waals surface area contributed by atoms with Gasteiger partial charge in [0, 0.05) is 18.6 Å². The van der Waals surface area contributed by atoms with E-state index in [0.717, 1.165) is 12.6 Å². The molecule has 2 heteroatoms. The van der Waals surface area contributed by atoms with E-state index in [2.05, 4.69) is 31.1 Å². The number of hydrogen-bond donors (Lipinski definition) is 1. The molecule has 1 atom stereocenters. The molecule has 1 fully saturated rings. The van der Waals surface area contributed by atoms with Crippen molar-refractivity contribution in [3.05, 3.63) is 0 Å². The van der Waals surface area contributed by atoms with E-state index in [-0.39, 0.29) is 0 Å². The molecule has 1 saturated carbocycles. The molecule has 0 bridgehead atoms. The third kappa shape index (κ3) is 4.52. The zero-order valence-electron chi connectivity index (χ0n) is 10.8. The van der Waals surface area contributed by atoms with Crippen molar-refractivity contribution in [3.8, 4) is 0 Å². The Balaban J connectivity index is 2.28. The second-order valence-electron chi connectivity index (χ2n) is 4.92. The monoisotopic (exact) mass is 212 g/mol. The topological polar surface area (TPSA) is 15.3 Å². The molecule has 0 aromatic rings. The average molecular weight is 212 g/mol. The Morgan fingerprint density at radius 2 is 1.93 bits per heavy atom. The van der Waals surface area contributed by atoms with Crippen molar-refractivity contribution in [2.24, 2.45) is 0 Å². The summed E-state index contributed by atoms with van der Waals surface area (Å²) in [5.41, 5.74) is 0. The number of nitrogens with one attached hydrogen (secondary N) is 1. The maximum Gasteiger partial charge on any atom is 0.0194 e. The summed E-state index contributed by atoms with van der Waals surface area (Å²) in [5, 5.41) is 3.60. The molecule has 0 aromatic heterocycles. The first-order valence-corrected chi connectivity index (χ1v) is 6.71. The first kappa shape index (κ1) is 13.0. The SMILES string of the molecule is CCCC(CN(C)C1CCCC1)NCC. The number of rotatable bonds is 7. The molecule has 15 heavy (non-hydrogen) atoms. The predicted molar refractivity (Wildman–Crippen MR) is 67.3 cm³/mol. The van der Waals surface area contributed by atoms with E-state index >= 15 is 0 Å². The van der Waals surface area contributed by atoms with Crippen LogP contribution in [0.5, 0.6) is 0 Å². The molecule has 1 N–H and O–H groups in total. The van der Waals surface area contributed by atoms with Gasteiger partial charge in [-0.25, -0.2) is 0 Å². The minimum absolute atomic E-state index is 0.700. The fourth-order valence-corrected chi connectivity index (χ4v) is 2.74. The van der Waals surface area contributed by atoms with Crippen molar-refractivity contribution in [2.75, 3.05) is 20.1 Å². The number of hydrogen-bond acceptors (Lipinski definition) is 2. The van der Waals surface area contributed by atoms with Crippen LogP contribution in [-0.2, 0) is 0 Å². The highest BCUT2D eigenvalue weighted by Crippen LogP contribution is 2.22. The summed E-state index contributed by atoms with van der Waals surface area (Å²) in [6, 6.07) is 1.56. The van der Waals surface area contributed by atoms with Crippen LogP contribution in [0.4, 0.5) is 0 Å². The normalized spacial score (nSPS) is 20.0. The zero-order valence-corrected chi connectivity index (χ0v) is 10.8. The standard InChI is InChI=1S/C13H28N2/c1-4-8-12(14-5-2)11-15(3)13-9-6-7-10-13/h12-14H,4-11H2,1-3H3. The van der Waals surface area contributed by atoms with Crippen LogP contribution in [0.3, 0.4) is 0 Å². The quantitative estimate of drug-likeness (QED) is 0.698. The van der Waals surface area contributed by atoms with Gasteiger partial charge in [0.15, 0.2) is 0 Å². The van der Waals surface area contributed by atoms with E-state index in [1.165, 1.54) is 45.1 Å². The Labute approximate surface area is 95.4 Å². The van der Waals surface area contributed by atoms with Crippen LogP contribution >= 0.6 is 0 Å². The first-order valence-electron chi connectivity index (χ1n) is 6.71. The molecule has 0 spiro atoms. The lowest BCUT2D eigenvalue weighted by atomic mass is 10.1. The number of likely N-dealkylation sites (N-methyl/N-ethyl adjacent to an activating group) is 2. The fraction of sp³-hybridized carbons (Fsp3) is 1.00. The smallest absolute Gasteiger partial charge is 0.0194 e. The predicted octanol–water partition coefficient (Wildman–Crippen LogP) is 2.64. The van der Waals surface area contributed by atoms with Crippen molar-refractivity contribution in [1.82, 2.24) is 10.2 Å². The van der Waals surface area contributed by atoms with Crippen molar-refractivity contribution in [3.63, 3.8) is 0 Å². The minimum Gasteiger partial charge on any atom is -0.313 e. The van der Waals surface area contributed by atoms with E-state index in [1.54, 1.807) is 0 Å².